The second kappa shape index (κ2) is 4.49. The number of hydrogen-bond acceptors (Lipinski definition) is 1. The molecule has 2 aromatic carbocycles. The van der Waals surface area contributed by atoms with Crippen molar-refractivity contribution in [1.29, 1.82) is 0 Å². The summed E-state index contributed by atoms with van der Waals surface area (Å²) in [5.41, 5.74) is 11.2. The minimum absolute atomic E-state index is 0.294. The first-order chi connectivity index (χ1) is 9.72. The number of hydrogen-bond donors (Lipinski definition) is 1. The second-order valence-corrected chi connectivity index (χ2v) is 6.56. The fourth-order valence-electron chi connectivity index (χ4n) is 4.09. The van der Waals surface area contributed by atoms with Gasteiger partial charge in [-0.2, -0.15) is 0 Å². The number of benzene rings is 2. The zero-order valence-electron chi connectivity index (χ0n) is 10.9. The van der Waals surface area contributed by atoms with Crippen LogP contribution in [0.3, 0.4) is 0 Å². The topological polar surface area (TPSA) is 26.0 Å². The largest absolute Gasteiger partial charge is 0.330 e. The summed E-state index contributed by atoms with van der Waals surface area (Å²) < 4.78 is 0. The predicted octanol–water partition coefficient (Wildman–Crippen LogP) is 4.55. The molecule has 0 amide bonds. The summed E-state index contributed by atoms with van der Waals surface area (Å²) in [5, 5.41) is 1.74. The van der Waals surface area contributed by atoms with E-state index < -0.39 is 0 Å². The molecular weight excluding hydrogens is 289 g/mol. The smallest absolute Gasteiger partial charge is 0.0447 e. The summed E-state index contributed by atoms with van der Waals surface area (Å²) in [6, 6.07) is 12.4. The van der Waals surface area contributed by atoms with E-state index in [-0.39, 0.29) is 0 Å². The highest BCUT2D eigenvalue weighted by atomic mass is 35.5. The number of nitrogens with two attached hydrogens (primary N) is 1. The molecule has 0 heterocycles. The average Bonchev–Trinajstić information content (AvgIpc) is 2.47. The van der Waals surface area contributed by atoms with E-state index >= 15 is 0 Å². The van der Waals surface area contributed by atoms with Crippen molar-refractivity contribution in [2.24, 2.45) is 11.7 Å². The molecular formula is C17H15Cl2N. The second-order valence-electron chi connectivity index (χ2n) is 5.75. The number of rotatable bonds is 1. The summed E-state index contributed by atoms with van der Waals surface area (Å²) in [6.07, 6.45) is 1.07. The molecule has 3 heteroatoms. The van der Waals surface area contributed by atoms with Crippen molar-refractivity contribution in [2.75, 3.05) is 6.54 Å². The minimum atomic E-state index is 0.294. The van der Waals surface area contributed by atoms with E-state index in [1.807, 2.05) is 24.3 Å². The molecule has 2 N–H and O–H groups in total. The molecule has 0 aliphatic heterocycles. The van der Waals surface area contributed by atoms with Gasteiger partial charge in [-0.1, -0.05) is 47.5 Å². The van der Waals surface area contributed by atoms with Crippen LogP contribution in [0.4, 0.5) is 0 Å². The van der Waals surface area contributed by atoms with Gasteiger partial charge in [0.1, 0.15) is 0 Å². The van der Waals surface area contributed by atoms with Crippen LogP contribution >= 0.6 is 23.2 Å². The maximum absolute atomic E-state index is 6.49. The van der Waals surface area contributed by atoms with Crippen LogP contribution in [-0.4, -0.2) is 6.54 Å². The highest BCUT2D eigenvalue weighted by Gasteiger charge is 2.44. The Labute approximate surface area is 128 Å². The zero-order valence-corrected chi connectivity index (χ0v) is 12.5. The lowest BCUT2D eigenvalue weighted by Gasteiger charge is -2.46. The van der Waals surface area contributed by atoms with E-state index in [0.717, 1.165) is 16.5 Å². The van der Waals surface area contributed by atoms with Gasteiger partial charge in [-0.15, -0.1) is 0 Å². The van der Waals surface area contributed by atoms with E-state index in [1.165, 1.54) is 22.3 Å². The highest BCUT2D eigenvalue weighted by molar-refractivity contribution is 6.32. The Morgan fingerprint density at radius 3 is 2.30 bits per heavy atom. The van der Waals surface area contributed by atoms with Gasteiger partial charge in [-0.05, 0) is 53.3 Å². The molecule has 0 fully saturated rings. The average molecular weight is 304 g/mol. The lowest BCUT2D eigenvalue weighted by molar-refractivity contribution is 0.365. The first kappa shape index (κ1) is 12.7. The summed E-state index contributed by atoms with van der Waals surface area (Å²) in [4.78, 5) is 0. The lowest BCUT2D eigenvalue weighted by atomic mass is 9.59. The highest BCUT2D eigenvalue weighted by Crippen LogP contribution is 2.58. The standard InChI is InChI=1S/C17H15Cl2N/c18-13-5-2-4-11-15-9(8-20)7-12(16(11)13)10-3-1-6-14(19)17(10)15/h1-6,9,12,15H,7-8,20H2. The molecule has 3 aliphatic rings. The molecule has 3 unspecified atom stereocenters. The maximum Gasteiger partial charge on any atom is 0.0447 e. The molecule has 0 spiro atoms. The van der Waals surface area contributed by atoms with Crippen LogP contribution < -0.4 is 5.73 Å². The normalized spacial score (nSPS) is 26.2. The van der Waals surface area contributed by atoms with Crippen molar-refractivity contribution in [1.82, 2.24) is 0 Å². The quantitative estimate of drug-likeness (QED) is 0.822. The van der Waals surface area contributed by atoms with Gasteiger partial charge in [0.25, 0.3) is 0 Å². The van der Waals surface area contributed by atoms with Gasteiger partial charge in [0.05, 0.1) is 0 Å². The van der Waals surface area contributed by atoms with Crippen LogP contribution in [0.25, 0.3) is 0 Å². The van der Waals surface area contributed by atoms with Gasteiger partial charge < -0.3 is 5.73 Å². The number of halogens is 2. The molecule has 0 aromatic heterocycles. The molecule has 0 radical (unpaired) electrons. The Morgan fingerprint density at radius 2 is 1.60 bits per heavy atom. The zero-order chi connectivity index (χ0) is 13.9. The van der Waals surface area contributed by atoms with Gasteiger partial charge in [0, 0.05) is 21.9 Å². The van der Waals surface area contributed by atoms with Gasteiger partial charge in [-0.3, -0.25) is 0 Å². The van der Waals surface area contributed by atoms with E-state index in [0.29, 0.717) is 24.3 Å². The Balaban J connectivity index is 2.05. The third kappa shape index (κ3) is 1.54. The summed E-state index contributed by atoms with van der Waals surface area (Å²) in [7, 11) is 0. The minimum Gasteiger partial charge on any atom is -0.330 e. The van der Waals surface area contributed by atoms with Crippen LogP contribution in [-0.2, 0) is 0 Å². The van der Waals surface area contributed by atoms with Crippen molar-refractivity contribution in [3.63, 3.8) is 0 Å². The first-order valence-corrected chi connectivity index (χ1v) is 7.74. The molecule has 102 valence electrons. The molecule has 0 saturated heterocycles. The van der Waals surface area contributed by atoms with Crippen molar-refractivity contribution in [2.45, 2.75) is 18.3 Å². The third-order valence-electron chi connectivity index (χ3n) is 4.86. The Hall–Kier alpha value is -1.02. The molecule has 2 aromatic rings. The molecule has 3 aliphatic carbocycles. The lowest BCUT2D eigenvalue weighted by Crippen LogP contribution is -2.36. The van der Waals surface area contributed by atoms with E-state index in [1.54, 1.807) is 0 Å². The SMILES string of the molecule is NCC1CC2c3cccc(Cl)c3C1c1cccc(Cl)c12. The van der Waals surface area contributed by atoms with Crippen LogP contribution in [0, 0.1) is 5.92 Å². The number of fused-ring (bicyclic) bond motifs is 1. The molecule has 20 heavy (non-hydrogen) atoms. The van der Waals surface area contributed by atoms with E-state index in [2.05, 4.69) is 12.1 Å². The van der Waals surface area contributed by atoms with Crippen molar-refractivity contribution < 1.29 is 0 Å². The van der Waals surface area contributed by atoms with Crippen molar-refractivity contribution in [3.05, 3.63) is 68.7 Å². The maximum atomic E-state index is 6.49. The van der Waals surface area contributed by atoms with Gasteiger partial charge >= 0.3 is 0 Å². The van der Waals surface area contributed by atoms with Gasteiger partial charge in [0.2, 0.25) is 0 Å². The fourth-order valence-corrected chi connectivity index (χ4v) is 4.71. The van der Waals surface area contributed by atoms with Gasteiger partial charge in [0.15, 0.2) is 0 Å². The first-order valence-electron chi connectivity index (χ1n) is 6.99. The predicted molar refractivity (Wildman–Crippen MR) is 83.8 cm³/mol. The van der Waals surface area contributed by atoms with Crippen LogP contribution in [0.15, 0.2) is 36.4 Å². The molecule has 3 atom stereocenters. The molecule has 1 nitrogen and oxygen atoms in total. The van der Waals surface area contributed by atoms with Crippen LogP contribution in [0.2, 0.25) is 10.0 Å². The van der Waals surface area contributed by atoms with Crippen molar-refractivity contribution in [3.8, 4) is 0 Å². The Bertz CT molecular complexity index is 695. The van der Waals surface area contributed by atoms with E-state index in [9.17, 15) is 0 Å². The summed E-state index contributed by atoms with van der Waals surface area (Å²) >= 11 is 13.0. The molecule has 5 rings (SSSR count). The van der Waals surface area contributed by atoms with E-state index in [4.69, 9.17) is 28.9 Å². The van der Waals surface area contributed by atoms with Crippen molar-refractivity contribution >= 4 is 23.2 Å². The fraction of sp³-hybridized carbons (Fsp3) is 0.294. The van der Waals surface area contributed by atoms with Crippen LogP contribution in [0.1, 0.15) is 40.5 Å². The molecule has 0 saturated carbocycles. The monoisotopic (exact) mass is 303 g/mol. The van der Waals surface area contributed by atoms with Gasteiger partial charge in [-0.25, -0.2) is 0 Å². The Morgan fingerprint density at radius 1 is 0.950 bits per heavy atom. The third-order valence-corrected chi connectivity index (χ3v) is 5.52. The summed E-state index contributed by atoms with van der Waals surface area (Å²) in [5.74, 6) is 1.09. The Kier molecular flexibility index (Phi) is 2.85. The van der Waals surface area contributed by atoms with Crippen LogP contribution in [0.5, 0.6) is 0 Å². The summed E-state index contributed by atoms with van der Waals surface area (Å²) in [6.45, 7) is 0.692. The molecule has 2 bridgehead atoms.